The first kappa shape index (κ1) is 10.9. The lowest BCUT2D eigenvalue weighted by molar-refractivity contribution is 0.427. The molecule has 0 radical (unpaired) electrons. The third-order valence-corrected chi connectivity index (χ3v) is 2.73. The first-order valence-corrected chi connectivity index (χ1v) is 5.10. The average Bonchev–Trinajstić information content (AvgIpc) is 1.82. The van der Waals surface area contributed by atoms with Gasteiger partial charge in [0.15, 0.2) is 0 Å². The van der Waals surface area contributed by atoms with E-state index in [0.29, 0.717) is 0 Å². The first-order chi connectivity index (χ1) is 4.87. The van der Waals surface area contributed by atoms with Crippen molar-refractivity contribution in [3.8, 4) is 0 Å². The monoisotopic (exact) mass is 207 g/mol. The van der Waals surface area contributed by atoms with E-state index >= 15 is 0 Å². The van der Waals surface area contributed by atoms with Crippen LogP contribution in [0.2, 0.25) is 0 Å². The molecular weight excluding hydrogens is 166 g/mol. The summed E-state index contributed by atoms with van der Waals surface area (Å²) < 4.78 is 29.3. The van der Waals surface area contributed by atoms with Crippen LogP contribution < -0.4 is 5.32 Å². The topological polar surface area (TPSA) is 66.4 Å². The third kappa shape index (κ3) is 5.17. The van der Waals surface area contributed by atoms with E-state index in [1.54, 1.807) is 14.0 Å². The van der Waals surface area contributed by atoms with Crippen LogP contribution in [0.25, 0.3) is 0 Å². The Balaban J connectivity index is -0.00000000641. The Bertz CT molecular complexity index is 224. The van der Waals surface area contributed by atoms with Crippen LogP contribution in [-0.2, 0) is 10.1 Å². The van der Waals surface area contributed by atoms with Crippen molar-refractivity contribution >= 4 is 10.1 Å². The standard InChI is InChI=1S/C6H15NO3S.13H2/c1-5(6(2)7-3)4-11(8,9)10;;;;;;;;;;;;;/h5-7H,4H2,1-3H3,(H,8,9,10);13*1H. The molecule has 0 aliphatic carbocycles. The zero-order valence-corrected chi connectivity index (χ0v) is 7.85. The number of hydrogen-bond donors (Lipinski definition) is 2. The molecule has 0 saturated carbocycles. The van der Waals surface area contributed by atoms with Gasteiger partial charge in [-0.05, 0) is 19.9 Å². The maximum atomic E-state index is 10.4. The summed E-state index contributed by atoms with van der Waals surface area (Å²) in [6.07, 6.45) is 0. The summed E-state index contributed by atoms with van der Waals surface area (Å²) in [4.78, 5) is 0. The number of nitrogens with one attached hydrogen (secondary N) is 1. The molecule has 0 aliphatic heterocycles. The van der Waals surface area contributed by atoms with Gasteiger partial charge in [0.1, 0.15) is 0 Å². The van der Waals surface area contributed by atoms with E-state index in [0.717, 1.165) is 0 Å². The smallest absolute Gasteiger partial charge is 0.265 e. The average molecular weight is 207 g/mol. The predicted octanol–water partition coefficient (Wildman–Crippen LogP) is 3.32. The molecule has 2 atom stereocenters. The Morgan fingerprint density at radius 1 is 1.55 bits per heavy atom. The third-order valence-electron chi connectivity index (χ3n) is 1.78. The van der Waals surface area contributed by atoms with Crippen molar-refractivity contribution in [3.05, 3.63) is 0 Å². The van der Waals surface area contributed by atoms with E-state index in [9.17, 15) is 8.42 Å². The molecule has 0 aromatic carbocycles. The van der Waals surface area contributed by atoms with E-state index in [-0.39, 0.29) is 36.3 Å². The van der Waals surface area contributed by atoms with E-state index < -0.39 is 10.1 Å². The Morgan fingerprint density at radius 3 is 2.27 bits per heavy atom. The van der Waals surface area contributed by atoms with Gasteiger partial charge in [0.25, 0.3) is 10.1 Å². The molecule has 0 amide bonds. The highest BCUT2D eigenvalue weighted by Crippen LogP contribution is 2.04. The van der Waals surface area contributed by atoms with E-state index in [4.69, 9.17) is 4.55 Å². The van der Waals surface area contributed by atoms with Crippen LogP contribution in [0, 0.1) is 5.92 Å². The molecule has 0 spiro atoms. The van der Waals surface area contributed by atoms with Crippen LogP contribution in [0.5, 0.6) is 0 Å². The van der Waals surface area contributed by atoms with Crippen LogP contribution in [0.4, 0.5) is 0 Å². The molecule has 0 rings (SSSR count). The highest BCUT2D eigenvalue weighted by molar-refractivity contribution is 7.85. The Morgan fingerprint density at radius 2 is 2.00 bits per heavy atom. The summed E-state index contributed by atoms with van der Waals surface area (Å²) in [6, 6.07) is 0.0944. The molecule has 2 unspecified atom stereocenters. The fourth-order valence-electron chi connectivity index (χ4n) is 0.761. The van der Waals surface area contributed by atoms with Gasteiger partial charge in [-0.1, -0.05) is 6.92 Å². The van der Waals surface area contributed by atoms with Crippen molar-refractivity contribution in [2.75, 3.05) is 12.8 Å². The van der Waals surface area contributed by atoms with Crippen LogP contribution in [0.3, 0.4) is 0 Å². The van der Waals surface area contributed by atoms with E-state index in [2.05, 4.69) is 5.32 Å². The Labute approximate surface area is 87.0 Å². The molecule has 11 heavy (non-hydrogen) atoms. The molecule has 0 saturated heterocycles. The van der Waals surface area contributed by atoms with Gasteiger partial charge in [0.2, 0.25) is 0 Å². The number of hydrogen-bond acceptors (Lipinski definition) is 3. The second-order valence-electron chi connectivity index (χ2n) is 2.80. The normalized spacial score (nSPS) is 17.8. The SMILES string of the molecule is CNC(C)C(C)CS(=O)(=O)O.[HH].[HH].[HH].[HH].[HH].[HH].[HH].[HH].[HH].[HH].[HH].[HH].[HH]. The van der Waals surface area contributed by atoms with E-state index in [1.165, 1.54) is 0 Å². The van der Waals surface area contributed by atoms with Crippen LogP contribution in [0.15, 0.2) is 0 Å². The Hall–Kier alpha value is -0.130. The lowest BCUT2D eigenvalue weighted by atomic mass is 10.1. The largest absolute Gasteiger partial charge is 0.317 e. The van der Waals surface area contributed by atoms with Gasteiger partial charge in [-0.3, -0.25) is 4.55 Å². The maximum Gasteiger partial charge on any atom is 0.265 e. The van der Waals surface area contributed by atoms with Crippen LogP contribution in [0.1, 0.15) is 32.4 Å². The highest BCUT2D eigenvalue weighted by atomic mass is 32.2. The molecule has 4 nitrogen and oxygen atoms in total. The van der Waals surface area contributed by atoms with Crippen molar-refractivity contribution in [3.63, 3.8) is 0 Å². The molecule has 0 fully saturated rings. The lowest BCUT2D eigenvalue weighted by Crippen LogP contribution is -2.32. The summed E-state index contributed by atoms with van der Waals surface area (Å²) in [5, 5.41) is 2.91. The minimum Gasteiger partial charge on any atom is -0.317 e. The summed E-state index contributed by atoms with van der Waals surface area (Å²) in [5.74, 6) is -0.260. The van der Waals surface area contributed by atoms with Gasteiger partial charge in [-0.2, -0.15) is 8.42 Å². The maximum absolute atomic E-state index is 10.4. The number of rotatable bonds is 4. The molecule has 0 aromatic heterocycles. The van der Waals surface area contributed by atoms with Crippen molar-refractivity contribution in [2.24, 2.45) is 5.92 Å². The van der Waals surface area contributed by atoms with Gasteiger partial charge in [0, 0.05) is 24.6 Å². The summed E-state index contributed by atoms with van der Waals surface area (Å²) in [6.45, 7) is 3.64. The summed E-state index contributed by atoms with van der Waals surface area (Å²) in [7, 11) is -2.06. The van der Waals surface area contributed by atoms with E-state index in [1.807, 2.05) is 6.92 Å². The van der Waals surface area contributed by atoms with Crippen molar-refractivity contribution < 1.29 is 31.5 Å². The van der Waals surface area contributed by atoms with Crippen LogP contribution >= 0.6 is 0 Å². The predicted molar refractivity (Wildman–Crippen MR) is 71.6 cm³/mol. The van der Waals surface area contributed by atoms with Gasteiger partial charge in [0.05, 0.1) is 5.75 Å². The molecule has 0 heterocycles. The fourth-order valence-corrected chi connectivity index (χ4v) is 1.71. The summed E-state index contributed by atoms with van der Waals surface area (Å²) >= 11 is 0. The zero-order valence-electron chi connectivity index (χ0n) is 7.03. The van der Waals surface area contributed by atoms with Gasteiger partial charge in [-0.25, -0.2) is 0 Å². The van der Waals surface area contributed by atoms with Crippen molar-refractivity contribution in [1.29, 1.82) is 0 Å². The molecule has 0 bridgehead atoms. The first-order valence-electron chi connectivity index (χ1n) is 3.49. The summed E-state index contributed by atoms with van der Waals surface area (Å²) in [5.41, 5.74) is 0. The quantitative estimate of drug-likeness (QED) is 0.694. The van der Waals surface area contributed by atoms with Crippen LogP contribution in [-0.4, -0.2) is 31.8 Å². The van der Waals surface area contributed by atoms with Crippen molar-refractivity contribution in [1.82, 2.24) is 5.32 Å². The van der Waals surface area contributed by atoms with Gasteiger partial charge in [-0.15, -0.1) is 0 Å². The molecular formula is C6H41NO3S. The van der Waals surface area contributed by atoms with Crippen molar-refractivity contribution in [2.45, 2.75) is 19.9 Å². The van der Waals surface area contributed by atoms with Gasteiger partial charge >= 0.3 is 0 Å². The highest BCUT2D eigenvalue weighted by Gasteiger charge is 2.16. The molecule has 0 aliphatic rings. The fraction of sp³-hybridized carbons (Fsp3) is 1.00. The van der Waals surface area contributed by atoms with Gasteiger partial charge < -0.3 is 5.32 Å². The Kier molecular flexibility index (Phi) is 3.99. The minimum absolute atomic E-state index is 0. The molecule has 5 heteroatoms. The minimum atomic E-state index is -3.82. The molecule has 0 aromatic rings. The second-order valence-corrected chi connectivity index (χ2v) is 4.30. The second kappa shape index (κ2) is 4.04. The molecule has 94 valence electrons. The lowest BCUT2D eigenvalue weighted by Gasteiger charge is -2.16. The molecule has 2 N–H and O–H groups in total. The zero-order chi connectivity index (χ0) is 9.07.